The lowest BCUT2D eigenvalue weighted by Gasteiger charge is -2.38. The lowest BCUT2D eigenvalue weighted by molar-refractivity contribution is -0.135. The number of Topliss-reactive ketones (excluding diaryl/α,β-unsaturated/α-hetero) is 1. The van der Waals surface area contributed by atoms with Crippen LogP contribution in [0.4, 0.5) is 0 Å². The zero-order valence-electron chi connectivity index (χ0n) is 11.1. The summed E-state index contributed by atoms with van der Waals surface area (Å²) in [5.41, 5.74) is 0.366. The second kappa shape index (κ2) is 4.40. The Labute approximate surface area is 117 Å². The van der Waals surface area contributed by atoms with E-state index in [1.165, 1.54) is 4.90 Å². The van der Waals surface area contributed by atoms with Crippen molar-refractivity contribution in [1.29, 1.82) is 0 Å². The van der Waals surface area contributed by atoms with E-state index in [0.29, 0.717) is 24.0 Å². The van der Waals surface area contributed by atoms with Crippen LogP contribution in [0.25, 0.3) is 0 Å². The summed E-state index contributed by atoms with van der Waals surface area (Å²) in [6.07, 6.45) is 3.46. The van der Waals surface area contributed by atoms with E-state index in [4.69, 9.17) is 0 Å². The number of fused-ring (bicyclic) bond motifs is 1. The van der Waals surface area contributed by atoms with Gasteiger partial charge in [0.05, 0.1) is 11.1 Å². The lowest BCUT2D eigenvalue weighted by Crippen LogP contribution is -2.43. The summed E-state index contributed by atoms with van der Waals surface area (Å²) in [5.74, 6) is -0.378. The van der Waals surface area contributed by atoms with Crippen LogP contribution in [-0.4, -0.2) is 29.0 Å². The van der Waals surface area contributed by atoms with Gasteiger partial charge >= 0.3 is 0 Å². The number of carbonyl (C=O) groups is 3. The molecular formula is C16H15NO3. The third-order valence-corrected chi connectivity index (χ3v) is 4.40. The topological polar surface area (TPSA) is 54.5 Å². The molecule has 1 aromatic carbocycles. The van der Waals surface area contributed by atoms with Crippen molar-refractivity contribution in [3.05, 3.63) is 48.0 Å². The van der Waals surface area contributed by atoms with Crippen molar-refractivity contribution < 1.29 is 14.4 Å². The van der Waals surface area contributed by atoms with Crippen molar-refractivity contribution in [3.8, 4) is 0 Å². The Morgan fingerprint density at radius 1 is 1.15 bits per heavy atom. The van der Waals surface area contributed by atoms with E-state index in [2.05, 4.69) is 6.58 Å². The highest BCUT2D eigenvalue weighted by atomic mass is 16.2. The van der Waals surface area contributed by atoms with Gasteiger partial charge < -0.3 is 0 Å². The molecule has 1 atom stereocenters. The van der Waals surface area contributed by atoms with Crippen molar-refractivity contribution in [2.45, 2.75) is 19.3 Å². The van der Waals surface area contributed by atoms with Gasteiger partial charge in [0.25, 0.3) is 11.8 Å². The van der Waals surface area contributed by atoms with Gasteiger partial charge in [0, 0.05) is 18.4 Å². The van der Waals surface area contributed by atoms with Gasteiger partial charge in [0.15, 0.2) is 0 Å². The molecule has 0 spiro atoms. The summed E-state index contributed by atoms with van der Waals surface area (Å²) in [6, 6.07) is 6.81. The van der Waals surface area contributed by atoms with Crippen LogP contribution in [0.5, 0.6) is 0 Å². The van der Waals surface area contributed by atoms with E-state index >= 15 is 0 Å². The third kappa shape index (κ3) is 1.64. The van der Waals surface area contributed by atoms with Gasteiger partial charge in [0.1, 0.15) is 5.78 Å². The van der Waals surface area contributed by atoms with Crippen LogP contribution in [0.1, 0.15) is 40.0 Å². The third-order valence-electron chi connectivity index (χ3n) is 4.40. The molecule has 1 heterocycles. The number of hydrogen-bond donors (Lipinski definition) is 0. The second-order valence-electron chi connectivity index (χ2n) is 5.34. The summed E-state index contributed by atoms with van der Waals surface area (Å²) in [5, 5.41) is 0. The first-order valence-corrected chi connectivity index (χ1v) is 6.71. The number of amides is 2. The van der Waals surface area contributed by atoms with Crippen LogP contribution in [0.15, 0.2) is 36.9 Å². The normalized spacial score (nSPS) is 24.6. The molecule has 4 heteroatoms. The quantitative estimate of drug-likeness (QED) is 0.622. The Morgan fingerprint density at radius 2 is 1.75 bits per heavy atom. The van der Waals surface area contributed by atoms with Crippen LogP contribution >= 0.6 is 0 Å². The van der Waals surface area contributed by atoms with Crippen LogP contribution < -0.4 is 0 Å². The van der Waals surface area contributed by atoms with E-state index < -0.39 is 5.41 Å². The zero-order valence-corrected chi connectivity index (χ0v) is 11.1. The monoisotopic (exact) mass is 269 g/mol. The van der Waals surface area contributed by atoms with Gasteiger partial charge in [-0.15, -0.1) is 6.58 Å². The number of nitrogens with zero attached hydrogens (tertiary/aromatic N) is 1. The summed E-state index contributed by atoms with van der Waals surface area (Å²) in [4.78, 5) is 37.3. The largest absolute Gasteiger partial charge is 0.299 e. The highest BCUT2D eigenvalue weighted by molar-refractivity contribution is 6.21. The van der Waals surface area contributed by atoms with Crippen LogP contribution in [0.2, 0.25) is 0 Å². The first-order chi connectivity index (χ1) is 9.59. The molecule has 0 bridgehead atoms. The van der Waals surface area contributed by atoms with E-state index in [0.717, 1.165) is 6.42 Å². The molecule has 20 heavy (non-hydrogen) atoms. The Balaban J connectivity index is 1.77. The van der Waals surface area contributed by atoms with Gasteiger partial charge in [-0.25, -0.2) is 0 Å². The SMILES string of the molecule is C=C[C@@]1(CCN2C(=O)c3ccccc3C2=O)CCC1=O. The minimum absolute atomic E-state index is 0.157. The van der Waals surface area contributed by atoms with Gasteiger partial charge in [-0.3, -0.25) is 19.3 Å². The summed E-state index contributed by atoms with van der Waals surface area (Å²) >= 11 is 0. The molecule has 1 saturated carbocycles. The molecule has 1 aromatic rings. The van der Waals surface area contributed by atoms with E-state index in [9.17, 15) is 14.4 Å². The molecule has 0 aromatic heterocycles. The fourth-order valence-electron chi connectivity index (χ4n) is 2.88. The standard InChI is InChI=1S/C16H15NO3/c1-2-16(8-7-13(16)18)9-10-17-14(19)11-5-3-4-6-12(11)15(17)20/h2-6H,1,7-10H2/t16-/m0/s1. The summed E-state index contributed by atoms with van der Waals surface area (Å²) in [6.45, 7) is 3.99. The second-order valence-corrected chi connectivity index (χ2v) is 5.34. The number of ketones is 1. The molecular weight excluding hydrogens is 254 g/mol. The van der Waals surface area contributed by atoms with Gasteiger partial charge in [-0.1, -0.05) is 18.2 Å². The Hall–Kier alpha value is -2.23. The molecule has 0 saturated heterocycles. The van der Waals surface area contributed by atoms with Crippen molar-refractivity contribution in [2.24, 2.45) is 5.41 Å². The Morgan fingerprint density at radius 3 is 2.15 bits per heavy atom. The molecule has 1 fully saturated rings. The highest BCUT2D eigenvalue weighted by Gasteiger charge is 2.44. The van der Waals surface area contributed by atoms with Gasteiger partial charge in [0.2, 0.25) is 0 Å². The minimum atomic E-state index is -0.532. The van der Waals surface area contributed by atoms with E-state index in [1.54, 1.807) is 30.3 Å². The molecule has 4 nitrogen and oxygen atoms in total. The maximum atomic E-state index is 12.2. The molecule has 102 valence electrons. The maximum Gasteiger partial charge on any atom is 0.261 e. The predicted molar refractivity (Wildman–Crippen MR) is 73.3 cm³/mol. The molecule has 0 unspecified atom stereocenters. The first-order valence-electron chi connectivity index (χ1n) is 6.71. The first kappa shape index (κ1) is 12.8. The number of carbonyl (C=O) groups excluding carboxylic acids is 3. The zero-order chi connectivity index (χ0) is 14.3. The van der Waals surface area contributed by atoms with Gasteiger partial charge in [-0.2, -0.15) is 0 Å². The number of rotatable bonds is 4. The van der Waals surface area contributed by atoms with E-state index in [-0.39, 0.29) is 24.1 Å². The fraction of sp³-hybridized carbons (Fsp3) is 0.312. The molecule has 3 rings (SSSR count). The van der Waals surface area contributed by atoms with Crippen molar-refractivity contribution in [1.82, 2.24) is 4.90 Å². The van der Waals surface area contributed by atoms with Crippen molar-refractivity contribution in [3.63, 3.8) is 0 Å². The fourth-order valence-corrected chi connectivity index (χ4v) is 2.88. The Kier molecular flexibility index (Phi) is 2.82. The number of imide groups is 1. The molecule has 1 aliphatic heterocycles. The average molecular weight is 269 g/mol. The molecule has 0 N–H and O–H groups in total. The molecule has 0 radical (unpaired) electrons. The lowest BCUT2D eigenvalue weighted by atomic mass is 9.65. The number of benzene rings is 1. The van der Waals surface area contributed by atoms with Crippen LogP contribution in [0, 0.1) is 5.41 Å². The van der Waals surface area contributed by atoms with E-state index in [1.807, 2.05) is 0 Å². The molecule has 1 aliphatic carbocycles. The summed E-state index contributed by atoms with van der Waals surface area (Å²) in [7, 11) is 0. The maximum absolute atomic E-state index is 12.2. The molecule has 2 aliphatic rings. The smallest absolute Gasteiger partial charge is 0.261 e. The van der Waals surface area contributed by atoms with Crippen molar-refractivity contribution in [2.75, 3.05) is 6.54 Å². The summed E-state index contributed by atoms with van der Waals surface area (Å²) < 4.78 is 0. The predicted octanol–water partition coefficient (Wildman–Crippen LogP) is 2.21. The highest BCUT2D eigenvalue weighted by Crippen LogP contribution is 2.42. The Bertz CT molecular complexity index is 599. The van der Waals surface area contributed by atoms with Crippen LogP contribution in [-0.2, 0) is 4.79 Å². The number of hydrogen-bond acceptors (Lipinski definition) is 3. The number of allylic oxidation sites excluding steroid dienone is 1. The van der Waals surface area contributed by atoms with Crippen molar-refractivity contribution >= 4 is 17.6 Å². The van der Waals surface area contributed by atoms with Crippen LogP contribution in [0.3, 0.4) is 0 Å². The van der Waals surface area contributed by atoms with Gasteiger partial charge in [-0.05, 0) is 25.0 Å². The molecule has 2 amide bonds. The minimum Gasteiger partial charge on any atom is -0.299 e. The average Bonchev–Trinajstić information content (AvgIpc) is 2.72.